The molecule has 2 aliphatic rings. The molecule has 2 aliphatic heterocycles. The Morgan fingerprint density at radius 1 is 1.27 bits per heavy atom. The van der Waals surface area contributed by atoms with E-state index in [1.807, 2.05) is 20.9 Å². The predicted molar refractivity (Wildman–Crippen MR) is 95.2 cm³/mol. The summed E-state index contributed by atoms with van der Waals surface area (Å²) in [7, 11) is 1.96. The number of rotatable bonds is 5. The fraction of sp³-hybridized carbons (Fsp3) is 0.579. The van der Waals surface area contributed by atoms with Crippen molar-refractivity contribution in [3.63, 3.8) is 0 Å². The number of hydrogen-bond donors (Lipinski definition) is 1. The number of carbonyl (C=O) groups excluding carboxylic acids is 2. The van der Waals surface area contributed by atoms with Crippen LogP contribution >= 0.6 is 0 Å². The third-order valence-electron chi connectivity index (χ3n) is 5.06. The second kappa shape index (κ2) is 7.23. The molecule has 2 amide bonds. The molecule has 1 atom stereocenters. The van der Waals surface area contributed by atoms with Gasteiger partial charge < -0.3 is 15.0 Å². The molecule has 0 aliphatic carbocycles. The van der Waals surface area contributed by atoms with Crippen molar-refractivity contribution >= 4 is 11.8 Å². The van der Waals surface area contributed by atoms with Gasteiger partial charge in [-0.2, -0.15) is 0 Å². The summed E-state index contributed by atoms with van der Waals surface area (Å²) >= 11 is 0. The van der Waals surface area contributed by atoms with E-state index in [0.717, 1.165) is 13.0 Å². The number of carbonyl (C=O) groups is 2. The molecule has 1 aromatic rings. The third kappa shape index (κ3) is 3.98. The van der Waals surface area contributed by atoms with Gasteiger partial charge in [-0.25, -0.2) is 4.39 Å². The molecule has 0 bridgehead atoms. The molecule has 1 unspecified atom stereocenters. The predicted octanol–water partition coefficient (Wildman–Crippen LogP) is 1.26. The summed E-state index contributed by atoms with van der Waals surface area (Å²) in [6, 6.07) is 5.60. The Balaban J connectivity index is 1.48. The first-order chi connectivity index (χ1) is 12.3. The van der Waals surface area contributed by atoms with Crippen LogP contribution in [0.15, 0.2) is 24.3 Å². The quantitative estimate of drug-likeness (QED) is 0.856. The van der Waals surface area contributed by atoms with Crippen LogP contribution in [0.4, 0.5) is 4.39 Å². The number of hydrogen-bond acceptors (Lipinski definition) is 4. The summed E-state index contributed by atoms with van der Waals surface area (Å²) in [4.78, 5) is 28.4. The Morgan fingerprint density at radius 3 is 2.54 bits per heavy atom. The lowest BCUT2D eigenvalue weighted by atomic mass is 9.77. The van der Waals surface area contributed by atoms with Gasteiger partial charge in [-0.05, 0) is 51.6 Å². The molecule has 142 valence electrons. The first kappa shape index (κ1) is 18.6. The molecule has 0 radical (unpaired) electrons. The molecule has 1 spiro atoms. The van der Waals surface area contributed by atoms with E-state index in [1.54, 1.807) is 4.90 Å². The average Bonchev–Trinajstić information content (AvgIpc) is 2.90. The van der Waals surface area contributed by atoms with Crippen molar-refractivity contribution in [3.05, 3.63) is 30.1 Å². The van der Waals surface area contributed by atoms with Crippen molar-refractivity contribution in [2.75, 3.05) is 33.3 Å². The molecule has 6 nitrogen and oxygen atoms in total. The molecular formula is C19H26FN3O3. The first-order valence-corrected chi connectivity index (χ1v) is 8.95. The van der Waals surface area contributed by atoms with E-state index in [0.29, 0.717) is 18.8 Å². The lowest BCUT2D eigenvalue weighted by Crippen LogP contribution is -2.60. The number of nitrogens with zero attached hydrogens (tertiary/aromatic N) is 2. The monoisotopic (exact) mass is 363 g/mol. The van der Waals surface area contributed by atoms with Crippen LogP contribution < -0.4 is 10.1 Å². The lowest BCUT2D eigenvalue weighted by Gasteiger charge is -2.48. The van der Waals surface area contributed by atoms with Crippen molar-refractivity contribution < 1.29 is 18.7 Å². The van der Waals surface area contributed by atoms with Crippen LogP contribution in [0.2, 0.25) is 0 Å². The van der Waals surface area contributed by atoms with Crippen LogP contribution in [0.3, 0.4) is 0 Å². The maximum absolute atomic E-state index is 12.9. The third-order valence-corrected chi connectivity index (χ3v) is 5.06. The minimum absolute atomic E-state index is 0.000723. The van der Waals surface area contributed by atoms with Gasteiger partial charge in [-0.3, -0.25) is 14.5 Å². The number of benzene rings is 1. The van der Waals surface area contributed by atoms with Gasteiger partial charge in [0.15, 0.2) is 6.61 Å². The summed E-state index contributed by atoms with van der Waals surface area (Å²) in [5.74, 6) is 0.109. The topological polar surface area (TPSA) is 61.9 Å². The van der Waals surface area contributed by atoms with Gasteiger partial charge in [-0.1, -0.05) is 0 Å². The summed E-state index contributed by atoms with van der Waals surface area (Å²) in [5.41, 5.74) is -0.000723. The highest BCUT2D eigenvalue weighted by Crippen LogP contribution is 2.42. The molecule has 1 aromatic carbocycles. The van der Waals surface area contributed by atoms with Crippen molar-refractivity contribution in [1.82, 2.24) is 15.1 Å². The number of likely N-dealkylation sites (tertiary alicyclic amines) is 2. The number of amides is 2. The van der Waals surface area contributed by atoms with Crippen LogP contribution in [0.1, 0.15) is 20.3 Å². The van der Waals surface area contributed by atoms with E-state index in [4.69, 9.17) is 4.74 Å². The maximum Gasteiger partial charge on any atom is 0.260 e. The zero-order chi connectivity index (χ0) is 18.9. The zero-order valence-corrected chi connectivity index (χ0v) is 15.5. The highest BCUT2D eigenvalue weighted by molar-refractivity contribution is 5.83. The molecule has 1 N–H and O–H groups in total. The fourth-order valence-electron chi connectivity index (χ4n) is 3.88. The van der Waals surface area contributed by atoms with E-state index >= 15 is 0 Å². The SMILES string of the molecule is CC(C)NC(=O)C1CC2(CN(C(=O)COc3ccc(F)cc3)C2)CN1C. The van der Waals surface area contributed by atoms with E-state index in [-0.39, 0.29) is 41.7 Å². The lowest BCUT2D eigenvalue weighted by molar-refractivity contribution is -0.144. The molecule has 2 saturated heterocycles. The second-order valence-corrected chi connectivity index (χ2v) is 7.79. The first-order valence-electron chi connectivity index (χ1n) is 8.95. The van der Waals surface area contributed by atoms with Gasteiger partial charge in [0.05, 0.1) is 6.04 Å². The van der Waals surface area contributed by atoms with Gasteiger partial charge in [0.1, 0.15) is 11.6 Å². The molecule has 26 heavy (non-hydrogen) atoms. The molecular weight excluding hydrogens is 337 g/mol. The van der Waals surface area contributed by atoms with Crippen molar-refractivity contribution in [2.45, 2.75) is 32.4 Å². The van der Waals surface area contributed by atoms with Gasteiger partial charge in [0, 0.05) is 31.1 Å². The van der Waals surface area contributed by atoms with Crippen LogP contribution in [-0.4, -0.2) is 67.0 Å². The van der Waals surface area contributed by atoms with E-state index < -0.39 is 0 Å². The van der Waals surface area contributed by atoms with Crippen molar-refractivity contribution in [1.29, 1.82) is 0 Å². The van der Waals surface area contributed by atoms with E-state index in [1.165, 1.54) is 24.3 Å². The Hall–Kier alpha value is -2.15. The largest absolute Gasteiger partial charge is 0.484 e. The summed E-state index contributed by atoms with van der Waals surface area (Å²) in [5, 5.41) is 2.97. The van der Waals surface area contributed by atoms with Gasteiger partial charge >= 0.3 is 0 Å². The number of ether oxygens (including phenoxy) is 1. The number of halogens is 1. The Bertz CT molecular complexity index is 671. The molecule has 7 heteroatoms. The van der Waals surface area contributed by atoms with Crippen LogP contribution in [-0.2, 0) is 9.59 Å². The fourth-order valence-corrected chi connectivity index (χ4v) is 3.88. The minimum Gasteiger partial charge on any atom is -0.484 e. The average molecular weight is 363 g/mol. The van der Waals surface area contributed by atoms with Gasteiger partial charge in [0.2, 0.25) is 5.91 Å². The van der Waals surface area contributed by atoms with E-state index in [2.05, 4.69) is 10.2 Å². The molecule has 0 aromatic heterocycles. The molecule has 2 heterocycles. The maximum atomic E-state index is 12.9. The van der Waals surface area contributed by atoms with Crippen LogP contribution in [0.5, 0.6) is 5.75 Å². The van der Waals surface area contributed by atoms with Crippen molar-refractivity contribution in [3.8, 4) is 5.75 Å². The van der Waals surface area contributed by atoms with Crippen molar-refractivity contribution in [2.24, 2.45) is 5.41 Å². The Morgan fingerprint density at radius 2 is 1.92 bits per heavy atom. The number of nitrogens with one attached hydrogen (secondary N) is 1. The Kier molecular flexibility index (Phi) is 5.18. The summed E-state index contributed by atoms with van der Waals surface area (Å²) < 4.78 is 18.3. The standard InChI is InChI=1S/C19H26FN3O3/c1-13(2)21-18(25)16-8-19(10-22(16)3)11-23(12-19)17(24)9-26-15-6-4-14(20)5-7-15/h4-7,13,16H,8-12H2,1-3H3,(H,21,25). The molecule has 0 saturated carbocycles. The van der Waals surface area contributed by atoms with Gasteiger partial charge in [0.25, 0.3) is 5.91 Å². The van der Waals surface area contributed by atoms with E-state index in [9.17, 15) is 14.0 Å². The second-order valence-electron chi connectivity index (χ2n) is 7.79. The number of likely N-dealkylation sites (N-methyl/N-ethyl adjacent to an activating group) is 1. The van der Waals surface area contributed by atoms with Crippen LogP contribution in [0, 0.1) is 11.2 Å². The smallest absolute Gasteiger partial charge is 0.260 e. The highest BCUT2D eigenvalue weighted by Gasteiger charge is 2.53. The van der Waals surface area contributed by atoms with Crippen LogP contribution in [0.25, 0.3) is 0 Å². The summed E-state index contributed by atoms with van der Waals surface area (Å²) in [6.07, 6.45) is 0.769. The van der Waals surface area contributed by atoms with Gasteiger partial charge in [-0.15, -0.1) is 0 Å². The Labute approximate surface area is 153 Å². The molecule has 3 rings (SSSR count). The molecule has 2 fully saturated rings. The normalized spacial score (nSPS) is 21.7. The zero-order valence-electron chi connectivity index (χ0n) is 15.5. The highest BCUT2D eigenvalue weighted by atomic mass is 19.1. The minimum atomic E-state index is -0.338. The summed E-state index contributed by atoms with van der Waals surface area (Å²) in [6.45, 7) is 5.95.